The molecule has 2 fully saturated rings. The molecule has 0 unspecified atom stereocenters. The molecule has 1 saturated carbocycles. The molecule has 0 atom stereocenters. The fourth-order valence-corrected chi connectivity index (χ4v) is 3.87. The summed E-state index contributed by atoms with van der Waals surface area (Å²) in [6, 6.07) is 9.85. The smallest absolute Gasteiger partial charge is 0.0175 e. The minimum atomic E-state index is 0.788. The molecule has 1 nitrogen and oxygen atoms in total. The van der Waals surface area contributed by atoms with Crippen molar-refractivity contribution in [3.8, 4) is 0 Å². The van der Waals surface area contributed by atoms with E-state index in [4.69, 9.17) is 0 Å². The molecule has 0 spiro atoms. The van der Waals surface area contributed by atoms with Gasteiger partial charge in [-0.15, -0.1) is 0 Å². The standard InChI is InChI=1S/C16H22BrN/c17-15-7-5-13(6-8-15)14-9-11-18(12-10-14)16-3-1-2-4-16/h5-8,14,16H,1-4,9-12H2. The fraction of sp³-hybridized carbons (Fsp3) is 0.625. The van der Waals surface area contributed by atoms with E-state index in [1.54, 1.807) is 0 Å². The van der Waals surface area contributed by atoms with Gasteiger partial charge in [0.2, 0.25) is 0 Å². The monoisotopic (exact) mass is 307 g/mol. The molecule has 18 heavy (non-hydrogen) atoms. The summed E-state index contributed by atoms with van der Waals surface area (Å²) in [7, 11) is 0. The molecule has 0 N–H and O–H groups in total. The predicted octanol–water partition coefficient (Wildman–Crippen LogP) is 4.57. The molecule has 0 radical (unpaired) electrons. The Bertz CT molecular complexity index is 373. The first-order valence-electron chi connectivity index (χ1n) is 7.32. The van der Waals surface area contributed by atoms with Gasteiger partial charge in [0.1, 0.15) is 0 Å². The average Bonchev–Trinajstić information content (AvgIpc) is 2.94. The van der Waals surface area contributed by atoms with Gasteiger partial charge in [-0.1, -0.05) is 40.9 Å². The molecule has 98 valence electrons. The average molecular weight is 308 g/mol. The summed E-state index contributed by atoms with van der Waals surface area (Å²) in [5.74, 6) is 0.788. The van der Waals surface area contributed by atoms with E-state index in [-0.39, 0.29) is 0 Å². The van der Waals surface area contributed by atoms with Gasteiger partial charge in [0, 0.05) is 10.5 Å². The quantitative estimate of drug-likeness (QED) is 0.773. The molecule has 1 aromatic carbocycles. The molecule has 2 aliphatic rings. The molecule has 0 bridgehead atoms. The number of hydrogen-bond acceptors (Lipinski definition) is 1. The Morgan fingerprint density at radius 3 is 2.11 bits per heavy atom. The maximum absolute atomic E-state index is 3.52. The van der Waals surface area contributed by atoms with Crippen molar-refractivity contribution in [2.45, 2.75) is 50.5 Å². The Balaban J connectivity index is 1.57. The first-order valence-corrected chi connectivity index (χ1v) is 8.12. The molecule has 1 aliphatic carbocycles. The molecule has 1 heterocycles. The van der Waals surface area contributed by atoms with Crippen molar-refractivity contribution in [2.75, 3.05) is 13.1 Å². The summed E-state index contributed by atoms with van der Waals surface area (Å²) in [5, 5.41) is 0. The molecule has 3 rings (SSSR count). The van der Waals surface area contributed by atoms with Crippen LogP contribution in [0.1, 0.15) is 50.0 Å². The Hall–Kier alpha value is -0.340. The Morgan fingerprint density at radius 1 is 0.889 bits per heavy atom. The summed E-state index contributed by atoms with van der Waals surface area (Å²) < 4.78 is 1.19. The molecular weight excluding hydrogens is 286 g/mol. The topological polar surface area (TPSA) is 3.24 Å². The first-order chi connectivity index (χ1) is 8.83. The molecule has 2 heteroatoms. The van der Waals surface area contributed by atoms with Crippen LogP contribution in [0.15, 0.2) is 28.7 Å². The van der Waals surface area contributed by atoms with Gasteiger partial charge in [0.05, 0.1) is 0 Å². The van der Waals surface area contributed by atoms with Gasteiger partial charge in [-0.25, -0.2) is 0 Å². The van der Waals surface area contributed by atoms with E-state index < -0.39 is 0 Å². The summed E-state index contributed by atoms with van der Waals surface area (Å²) in [5.41, 5.74) is 1.53. The van der Waals surface area contributed by atoms with Crippen LogP contribution < -0.4 is 0 Å². The van der Waals surface area contributed by atoms with Gasteiger partial charge in [-0.2, -0.15) is 0 Å². The van der Waals surface area contributed by atoms with Crippen LogP contribution in [0, 0.1) is 0 Å². The highest BCUT2D eigenvalue weighted by atomic mass is 79.9. The number of nitrogens with zero attached hydrogens (tertiary/aromatic N) is 1. The predicted molar refractivity (Wildman–Crippen MR) is 79.9 cm³/mol. The van der Waals surface area contributed by atoms with Gasteiger partial charge < -0.3 is 4.90 Å². The van der Waals surface area contributed by atoms with Crippen LogP contribution in [0.4, 0.5) is 0 Å². The molecule has 1 aliphatic heterocycles. The number of piperidine rings is 1. The Morgan fingerprint density at radius 2 is 1.50 bits per heavy atom. The van der Waals surface area contributed by atoms with Crippen LogP contribution in [0.5, 0.6) is 0 Å². The lowest BCUT2D eigenvalue weighted by Crippen LogP contribution is -2.39. The SMILES string of the molecule is Brc1ccc(C2CCN(C3CCCC3)CC2)cc1. The largest absolute Gasteiger partial charge is 0.300 e. The van der Waals surface area contributed by atoms with Crippen molar-refractivity contribution < 1.29 is 0 Å². The van der Waals surface area contributed by atoms with Crippen molar-refractivity contribution >= 4 is 15.9 Å². The fourth-order valence-electron chi connectivity index (χ4n) is 3.60. The van der Waals surface area contributed by atoms with Crippen LogP contribution in [0.25, 0.3) is 0 Å². The second kappa shape index (κ2) is 5.75. The van der Waals surface area contributed by atoms with Gasteiger partial charge in [-0.3, -0.25) is 0 Å². The third kappa shape index (κ3) is 2.80. The van der Waals surface area contributed by atoms with E-state index in [1.807, 2.05) is 0 Å². The van der Waals surface area contributed by atoms with Crippen LogP contribution in [-0.2, 0) is 0 Å². The third-order valence-corrected chi connectivity index (χ3v) is 5.24. The van der Waals surface area contributed by atoms with E-state index >= 15 is 0 Å². The highest BCUT2D eigenvalue weighted by Crippen LogP contribution is 2.32. The first kappa shape index (κ1) is 12.7. The van der Waals surface area contributed by atoms with Crippen molar-refractivity contribution in [1.82, 2.24) is 4.90 Å². The van der Waals surface area contributed by atoms with Crippen LogP contribution in [0.2, 0.25) is 0 Å². The summed E-state index contributed by atoms with van der Waals surface area (Å²) in [6.07, 6.45) is 8.50. The minimum absolute atomic E-state index is 0.788. The Labute approximate surface area is 119 Å². The van der Waals surface area contributed by atoms with Gasteiger partial charge >= 0.3 is 0 Å². The molecular formula is C16H22BrN. The zero-order valence-electron chi connectivity index (χ0n) is 10.9. The summed E-state index contributed by atoms with van der Waals surface area (Å²) in [6.45, 7) is 2.62. The van der Waals surface area contributed by atoms with E-state index in [1.165, 1.54) is 61.7 Å². The lowest BCUT2D eigenvalue weighted by Gasteiger charge is -2.36. The van der Waals surface area contributed by atoms with Crippen molar-refractivity contribution in [3.05, 3.63) is 34.3 Å². The molecule has 1 aromatic rings. The van der Waals surface area contributed by atoms with Crippen LogP contribution in [-0.4, -0.2) is 24.0 Å². The second-order valence-electron chi connectivity index (χ2n) is 5.80. The van der Waals surface area contributed by atoms with E-state index in [9.17, 15) is 0 Å². The minimum Gasteiger partial charge on any atom is -0.300 e. The number of hydrogen-bond donors (Lipinski definition) is 0. The zero-order chi connectivity index (χ0) is 12.4. The highest BCUT2D eigenvalue weighted by Gasteiger charge is 2.27. The lowest BCUT2D eigenvalue weighted by molar-refractivity contribution is 0.154. The normalized spacial score (nSPS) is 23.6. The molecule has 0 aromatic heterocycles. The lowest BCUT2D eigenvalue weighted by atomic mass is 9.89. The van der Waals surface area contributed by atoms with Gasteiger partial charge in [-0.05, 0) is 62.4 Å². The van der Waals surface area contributed by atoms with Crippen molar-refractivity contribution in [1.29, 1.82) is 0 Å². The number of benzene rings is 1. The van der Waals surface area contributed by atoms with Gasteiger partial charge in [0.25, 0.3) is 0 Å². The van der Waals surface area contributed by atoms with E-state index in [2.05, 4.69) is 45.1 Å². The summed E-state index contributed by atoms with van der Waals surface area (Å²) >= 11 is 3.52. The highest BCUT2D eigenvalue weighted by molar-refractivity contribution is 9.10. The van der Waals surface area contributed by atoms with Crippen LogP contribution in [0.3, 0.4) is 0 Å². The number of likely N-dealkylation sites (tertiary alicyclic amines) is 1. The van der Waals surface area contributed by atoms with E-state index in [0.29, 0.717) is 0 Å². The van der Waals surface area contributed by atoms with E-state index in [0.717, 1.165) is 12.0 Å². The molecule has 1 saturated heterocycles. The van der Waals surface area contributed by atoms with Gasteiger partial charge in [0.15, 0.2) is 0 Å². The molecule has 0 amide bonds. The van der Waals surface area contributed by atoms with Crippen molar-refractivity contribution in [2.24, 2.45) is 0 Å². The summed E-state index contributed by atoms with van der Waals surface area (Å²) in [4.78, 5) is 2.75. The number of rotatable bonds is 2. The second-order valence-corrected chi connectivity index (χ2v) is 6.72. The third-order valence-electron chi connectivity index (χ3n) is 4.71. The maximum Gasteiger partial charge on any atom is 0.0175 e. The zero-order valence-corrected chi connectivity index (χ0v) is 12.5. The number of halogens is 1. The maximum atomic E-state index is 3.52. The van der Waals surface area contributed by atoms with Crippen molar-refractivity contribution in [3.63, 3.8) is 0 Å². The Kier molecular flexibility index (Phi) is 4.05. The van der Waals surface area contributed by atoms with Crippen LogP contribution >= 0.6 is 15.9 Å².